The van der Waals surface area contributed by atoms with Gasteiger partial charge in [0.2, 0.25) is 0 Å². The summed E-state index contributed by atoms with van der Waals surface area (Å²) in [5, 5.41) is 19.3. The molecule has 3 N–H and O–H groups in total. The van der Waals surface area contributed by atoms with Crippen LogP contribution in [0.2, 0.25) is 0 Å². The van der Waals surface area contributed by atoms with Gasteiger partial charge in [-0.05, 0) is 65.7 Å². The number of aromatic carboxylic acids is 1. The number of carboxylic acids is 1. The quantitative estimate of drug-likeness (QED) is 0.150. The summed E-state index contributed by atoms with van der Waals surface area (Å²) in [6.07, 6.45) is -5.26. The molecule has 0 saturated carbocycles. The van der Waals surface area contributed by atoms with Crippen molar-refractivity contribution in [2.45, 2.75) is 17.2 Å². The number of sulfonamides is 1. The number of carbonyl (C=O) groups is 1. The van der Waals surface area contributed by atoms with Crippen LogP contribution in [0.5, 0.6) is 11.5 Å². The molecule has 0 bridgehead atoms. The maximum atomic E-state index is 13.2. The van der Waals surface area contributed by atoms with Gasteiger partial charge in [-0.1, -0.05) is 88.7 Å². The average Bonchev–Trinajstić information content (AvgIpc) is 3.02. The molecular weight excluding hydrogens is 675 g/mol. The Morgan fingerprint density at radius 3 is 1.82 bits per heavy atom. The number of carboxylic acid groups (broad SMARTS) is 1. The molecule has 0 fully saturated rings. The number of nitrogens with one attached hydrogen (secondary N) is 1. The number of ether oxygens (including phenoxy) is 1. The van der Waals surface area contributed by atoms with Crippen LogP contribution in [0, 0.1) is 0 Å². The first kappa shape index (κ1) is 33.2. The molecule has 232 valence electrons. The molecule has 0 aromatic heterocycles. The number of benzene rings is 5. The van der Waals surface area contributed by atoms with E-state index in [-0.39, 0.29) is 22.0 Å². The molecule has 0 aliphatic rings. The first-order valence-electron chi connectivity index (χ1n) is 13.1. The van der Waals surface area contributed by atoms with E-state index in [0.717, 1.165) is 17.2 Å². The third kappa shape index (κ3) is 8.94. The molecule has 0 unspecified atom stereocenters. The number of aliphatic hydroxyl groups excluding tert-OH is 1. The van der Waals surface area contributed by atoms with Gasteiger partial charge in [0.05, 0.1) is 16.1 Å². The van der Waals surface area contributed by atoms with Crippen molar-refractivity contribution in [2.24, 2.45) is 0 Å². The van der Waals surface area contributed by atoms with Crippen LogP contribution in [0.4, 0.5) is 18.9 Å². The summed E-state index contributed by atoms with van der Waals surface area (Å²) in [5.41, 5.74) is -0.000624. The summed E-state index contributed by atoms with van der Waals surface area (Å²) in [4.78, 5) is 11.2. The van der Waals surface area contributed by atoms with Crippen molar-refractivity contribution in [3.05, 3.63) is 154 Å². The summed E-state index contributed by atoms with van der Waals surface area (Å²) < 4.78 is 73.2. The molecule has 5 rings (SSSR count). The molecule has 12 heteroatoms. The summed E-state index contributed by atoms with van der Waals surface area (Å²) in [6, 6.07) is 32.4. The van der Waals surface area contributed by atoms with Gasteiger partial charge in [0.25, 0.3) is 10.0 Å². The number of halogens is 4. The standard InChI is InChI=1S/C20H13BrF3NO5S.C13H12O/c21-13-6-8-14(9-7-13)31(28,29)25-16-11-12(20(22,23)24)5-10-18(16)30-17-4-2-1-3-15(17)19(26)27;14-13(11-7-3-1-4-8-11)12-9-5-2-6-10-12/h1-11,25H,(H,26,27);1-10,13-14H. The lowest BCUT2D eigenvalue weighted by Gasteiger charge is -2.17. The molecule has 0 radical (unpaired) electrons. The van der Waals surface area contributed by atoms with E-state index in [0.29, 0.717) is 16.6 Å². The van der Waals surface area contributed by atoms with Crippen molar-refractivity contribution in [3.8, 4) is 11.5 Å². The van der Waals surface area contributed by atoms with Crippen LogP contribution in [0.15, 0.2) is 137 Å². The predicted octanol–water partition coefficient (Wildman–Crippen LogP) is 8.53. The lowest BCUT2D eigenvalue weighted by molar-refractivity contribution is -0.137. The highest BCUT2D eigenvalue weighted by molar-refractivity contribution is 9.10. The van der Waals surface area contributed by atoms with Crippen molar-refractivity contribution >= 4 is 37.6 Å². The lowest BCUT2D eigenvalue weighted by Crippen LogP contribution is -2.15. The molecule has 5 aromatic rings. The van der Waals surface area contributed by atoms with Crippen LogP contribution in [0.1, 0.15) is 33.2 Å². The Balaban J connectivity index is 0.000000273. The zero-order chi connectivity index (χ0) is 32.6. The number of rotatable bonds is 8. The third-order valence-electron chi connectivity index (χ3n) is 6.24. The van der Waals surface area contributed by atoms with Gasteiger partial charge in [0, 0.05) is 4.47 Å². The fraction of sp³-hybridized carbons (Fsp3) is 0.0606. The smallest absolute Gasteiger partial charge is 0.416 e. The topological polar surface area (TPSA) is 113 Å². The van der Waals surface area contributed by atoms with Gasteiger partial charge >= 0.3 is 12.1 Å². The monoisotopic (exact) mass is 699 g/mol. The van der Waals surface area contributed by atoms with E-state index in [4.69, 9.17) is 4.74 Å². The molecule has 45 heavy (non-hydrogen) atoms. The Morgan fingerprint density at radius 2 is 1.29 bits per heavy atom. The Labute approximate surface area is 265 Å². The first-order valence-corrected chi connectivity index (χ1v) is 15.4. The Kier molecular flexibility index (Phi) is 10.7. The SMILES string of the molecule is O=C(O)c1ccccc1Oc1ccc(C(F)(F)F)cc1NS(=O)(=O)c1ccc(Br)cc1.OC(c1ccccc1)c1ccccc1. The van der Waals surface area contributed by atoms with Gasteiger partial charge < -0.3 is 14.9 Å². The summed E-state index contributed by atoms with van der Waals surface area (Å²) in [6.45, 7) is 0. The Morgan fingerprint density at radius 1 is 0.756 bits per heavy atom. The van der Waals surface area contributed by atoms with Crippen LogP contribution in [0.3, 0.4) is 0 Å². The van der Waals surface area contributed by atoms with Crippen LogP contribution in [-0.2, 0) is 16.2 Å². The maximum absolute atomic E-state index is 13.2. The molecular formula is C33H25BrF3NO6S. The average molecular weight is 701 g/mol. The summed E-state index contributed by atoms with van der Waals surface area (Å²) in [7, 11) is -4.27. The number of hydrogen-bond acceptors (Lipinski definition) is 5. The maximum Gasteiger partial charge on any atom is 0.416 e. The van der Waals surface area contributed by atoms with E-state index in [1.165, 1.54) is 48.5 Å². The fourth-order valence-corrected chi connectivity index (χ4v) is 5.33. The van der Waals surface area contributed by atoms with E-state index >= 15 is 0 Å². The van der Waals surface area contributed by atoms with Crippen LogP contribution >= 0.6 is 15.9 Å². The van der Waals surface area contributed by atoms with Gasteiger partial charge in [-0.15, -0.1) is 0 Å². The highest BCUT2D eigenvalue weighted by Crippen LogP contribution is 2.38. The molecule has 0 aliphatic carbocycles. The van der Waals surface area contributed by atoms with Crippen LogP contribution in [-0.4, -0.2) is 24.6 Å². The number of hydrogen-bond donors (Lipinski definition) is 3. The number of para-hydroxylation sites is 1. The largest absolute Gasteiger partial charge is 0.478 e. The van der Waals surface area contributed by atoms with Crippen molar-refractivity contribution in [1.82, 2.24) is 0 Å². The highest BCUT2D eigenvalue weighted by atomic mass is 79.9. The fourth-order valence-electron chi connectivity index (χ4n) is 4.01. The number of alkyl halides is 3. The van der Waals surface area contributed by atoms with Crippen LogP contribution in [0.25, 0.3) is 0 Å². The molecule has 0 heterocycles. The minimum atomic E-state index is -4.74. The van der Waals surface area contributed by atoms with Gasteiger partial charge in [0.1, 0.15) is 17.4 Å². The summed E-state index contributed by atoms with van der Waals surface area (Å²) in [5.74, 6) is -1.79. The highest BCUT2D eigenvalue weighted by Gasteiger charge is 2.32. The van der Waals surface area contributed by atoms with E-state index in [9.17, 15) is 36.6 Å². The van der Waals surface area contributed by atoms with Crippen LogP contribution < -0.4 is 9.46 Å². The third-order valence-corrected chi connectivity index (χ3v) is 8.15. The second-order valence-electron chi connectivity index (χ2n) is 9.40. The normalized spacial score (nSPS) is 11.3. The second-order valence-corrected chi connectivity index (χ2v) is 12.0. The zero-order valence-corrected chi connectivity index (χ0v) is 25.6. The zero-order valence-electron chi connectivity index (χ0n) is 23.1. The van der Waals surface area contributed by atoms with E-state index in [2.05, 4.69) is 20.7 Å². The van der Waals surface area contributed by atoms with Gasteiger partial charge in [-0.25, -0.2) is 13.2 Å². The van der Waals surface area contributed by atoms with Gasteiger partial charge in [-0.2, -0.15) is 13.2 Å². The molecule has 7 nitrogen and oxygen atoms in total. The first-order chi connectivity index (χ1) is 21.3. The van der Waals surface area contributed by atoms with Crippen molar-refractivity contribution < 1.29 is 41.3 Å². The molecule has 5 aromatic carbocycles. The van der Waals surface area contributed by atoms with E-state index < -0.39 is 39.5 Å². The van der Waals surface area contributed by atoms with E-state index in [1.807, 2.05) is 60.7 Å². The minimum Gasteiger partial charge on any atom is -0.478 e. The molecule has 0 saturated heterocycles. The number of anilines is 1. The Hall–Kier alpha value is -4.65. The molecule has 0 spiro atoms. The minimum absolute atomic E-state index is 0.168. The molecule has 0 atom stereocenters. The lowest BCUT2D eigenvalue weighted by atomic mass is 10.0. The van der Waals surface area contributed by atoms with Crippen molar-refractivity contribution in [3.63, 3.8) is 0 Å². The van der Waals surface area contributed by atoms with Gasteiger partial charge in [0.15, 0.2) is 5.75 Å². The van der Waals surface area contributed by atoms with Gasteiger partial charge in [-0.3, -0.25) is 4.72 Å². The molecule has 0 aliphatic heterocycles. The van der Waals surface area contributed by atoms with E-state index in [1.54, 1.807) is 0 Å². The summed E-state index contributed by atoms with van der Waals surface area (Å²) >= 11 is 3.17. The molecule has 0 amide bonds. The second kappa shape index (κ2) is 14.4. The number of aliphatic hydroxyl groups is 1. The Bertz CT molecular complexity index is 1810. The predicted molar refractivity (Wildman–Crippen MR) is 167 cm³/mol. The van der Waals surface area contributed by atoms with Crippen molar-refractivity contribution in [2.75, 3.05) is 4.72 Å². The van der Waals surface area contributed by atoms with Crippen molar-refractivity contribution in [1.29, 1.82) is 0 Å².